The van der Waals surface area contributed by atoms with Crippen LogP contribution >= 0.6 is 0 Å². The number of para-hydroxylation sites is 1. The predicted molar refractivity (Wildman–Crippen MR) is 100 cm³/mol. The Kier molecular flexibility index (Phi) is 3.47. The highest BCUT2D eigenvalue weighted by molar-refractivity contribution is 5.80. The van der Waals surface area contributed by atoms with Crippen LogP contribution in [-0.2, 0) is 17.7 Å². The van der Waals surface area contributed by atoms with Gasteiger partial charge in [0.2, 0.25) is 0 Å². The summed E-state index contributed by atoms with van der Waals surface area (Å²) in [5, 5.41) is 0.629. The van der Waals surface area contributed by atoms with Crippen LogP contribution in [0.1, 0.15) is 28.4 Å². The SMILES string of the molecule is COC(=O)N1Cc2c([nH]c3ccccc3c2=O)[C@H]1c1ccc2c(c1)CCO2. The van der Waals surface area contributed by atoms with E-state index in [1.165, 1.54) is 7.11 Å². The molecule has 27 heavy (non-hydrogen) atoms. The summed E-state index contributed by atoms with van der Waals surface area (Å²) in [5.74, 6) is 0.883. The Hall–Kier alpha value is -3.28. The molecule has 2 aliphatic rings. The number of pyridine rings is 1. The monoisotopic (exact) mass is 362 g/mol. The van der Waals surface area contributed by atoms with Gasteiger partial charge in [-0.05, 0) is 35.4 Å². The number of methoxy groups -OCH3 is 1. The number of carbonyl (C=O) groups is 1. The van der Waals surface area contributed by atoms with Crippen molar-refractivity contribution in [2.24, 2.45) is 0 Å². The number of carbonyl (C=O) groups excluding carboxylic acids is 1. The van der Waals surface area contributed by atoms with Gasteiger partial charge in [-0.3, -0.25) is 9.69 Å². The second-order valence-electron chi connectivity index (χ2n) is 6.86. The minimum atomic E-state index is -0.454. The Labute approximate surface area is 155 Å². The van der Waals surface area contributed by atoms with Gasteiger partial charge in [0.1, 0.15) is 11.8 Å². The van der Waals surface area contributed by atoms with Crippen molar-refractivity contribution in [3.05, 3.63) is 75.1 Å². The number of hydrogen-bond donors (Lipinski definition) is 1. The second-order valence-corrected chi connectivity index (χ2v) is 6.86. The van der Waals surface area contributed by atoms with Crippen molar-refractivity contribution >= 4 is 17.0 Å². The fourth-order valence-electron chi connectivity index (χ4n) is 4.11. The molecule has 0 spiro atoms. The molecule has 3 heterocycles. The van der Waals surface area contributed by atoms with Crippen LogP contribution < -0.4 is 10.2 Å². The highest BCUT2D eigenvalue weighted by atomic mass is 16.5. The molecule has 1 amide bonds. The van der Waals surface area contributed by atoms with Crippen molar-refractivity contribution in [2.45, 2.75) is 19.0 Å². The van der Waals surface area contributed by atoms with Gasteiger partial charge in [0, 0.05) is 22.9 Å². The highest BCUT2D eigenvalue weighted by Gasteiger charge is 2.38. The number of hydrogen-bond acceptors (Lipinski definition) is 4. The smallest absolute Gasteiger partial charge is 0.410 e. The summed E-state index contributed by atoms with van der Waals surface area (Å²) < 4.78 is 10.6. The molecule has 0 fully saturated rings. The summed E-state index contributed by atoms with van der Waals surface area (Å²) in [6.07, 6.45) is 0.389. The van der Waals surface area contributed by atoms with Crippen molar-refractivity contribution in [1.29, 1.82) is 0 Å². The molecule has 1 atom stereocenters. The van der Waals surface area contributed by atoms with E-state index < -0.39 is 12.1 Å². The largest absolute Gasteiger partial charge is 0.493 e. The fraction of sp³-hybridized carbons (Fsp3) is 0.238. The van der Waals surface area contributed by atoms with E-state index in [0.717, 1.165) is 34.5 Å². The molecule has 0 saturated carbocycles. The van der Waals surface area contributed by atoms with Crippen molar-refractivity contribution < 1.29 is 14.3 Å². The van der Waals surface area contributed by atoms with Crippen LogP contribution in [0.3, 0.4) is 0 Å². The van der Waals surface area contributed by atoms with Crippen LogP contribution in [0, 0.1) is 0 Å². The quantitative estimate of drug-likeness (QED) is 0.722. The summed E-state index contributed by atoms with van der Waals surface area (Å²) in [6.45, 7) is 0.892. The molecule has 2 aliphatic heterocycles. The lowest BCUT2D eigenvalue weighted by Crippen LogP contribution is -2.30. The van der Waals surface area contributed by atoms with Gasteiger partial charge < -0.3 is 14.5 Å². The number of aromatic nitrogens is 1. The van der Waals surface area contributed by atoms with E-state index in [9.17, 15) is 9.59 Å². The number of aromatic amines is 1. The molecule has 0 aliphatic carbocycles. The van der Waals surface area contributed by atoms with Gasteiger partial charge in [0.25, 0.3) is 0 Å². The zero-order valence-electron chi connectivity index (χ0n) is 14.8. The maximum atomic E-state index is 13.0. The lowest BCUT2D eigenvalue weighted by molar-refractivity contribution is 0.115. The number of H-pyrrole nitrogens is 1. The lowest BCUT2D eigenvalue weighted by atomic mass is 9.98. The van der Waals surface area contributed by atoms with Crippen molar-refractivity contribution in [1.82, 2.24) is 9.88 Å². The maximum absolute atomic E-state index is 13.0. The fourth-order valence-corrected chi connectivity index (χ4v) is 4.11. The van der Waals surface area contributed by atoms with Gasteiger partial charge in [-0.15, -0.1) is 0 Å². The van der Waals surface area contributed by atoms with E-state index >= 15 is 0 Å². The van der Waals surface area contributed by atoms with E-state index in [2.05, 4.69) is 11.1 Å². The third kappa shape index (κ3) is 2.33. The molecule has 1 N–H and O–H groups in total. The first-order valence-electron chi connectivity index (χ1n) is 8.91. The van der Waals surface area contributed by atoms with Crippen molar-refractivity contribution in [2.75, 3.05) is 13.7 Å². The standard InChI is InChI=1S/C21H18N2O4/c1-26-21(25)23-11-15-18(22-16-5-3-2-4-14(16)20(15)24)19(23)13-6-7-17-12(10-13)8-9-27-17/h2-7,10,19H,8-9,11H2,1H3,(H,22,24)/t19-/m1/s1. The third-order valence-electron chi connectivity index (χ3n) is 5.39. The van der Waals surface area contributed by atoms with E-state index in [1.54, 1.807) is 11.0 Å². The molecule has 6 nitrogen and oxygen atoms in total. The molecule has 0 unspecified atom stereocenters. The summed E-state index contributed by atoms with van der Waals surface area (Å²) in [7, 11) is 1.36. The van der Waals surface area contributed by atoms with E-state index in [4.69, 9.17) is 9.47 Å². The number of amides is 1. The number of benzene rings is 2. The van der Waals surface area contributed by atoms with Gasteiger partial charge in [-0.2, -0.15) is 0 Å². The average molecular weight is 362 g/mol. The summed E-state index contributed by atoms with van der Waals surface area (Å²) >= 11 is 0. The number of nitrogens with zero attached hydrogens (tertiary/aromatic N) is 1. The Balaban J connectivity index is 1.73. The van der Waals surface area contributed by atoms with Gasteiger partial charge in [-0.1, -0.05) is 18.2 Å². The molecular weight excluding hydrogens is 344 g/mol. The molecule has 3 aromatic rings. The zero-order valence-corrected chi connectivity index (χ0v) is 14.8. The molecule has 2 aromatic carbocycles. The minimum Gasteiger partial charge on any atom is -0.493 e. The summed E-state index contributed by atoms with van der Waals surface area (Å²) in [5.41, 5.74) is 4.15. The summed E-state index contributed by atoms with van der Waals surface area (Å²) in [4.78, 5) is 30.5. The van der Waals surface area contributed by atoms with E-state index in [-0.39, 0.29) is 12.0 Å². The lowest BCUT2D eigenvalue weighted by Gasteiger charge is -2.24. The van der Waals surface area contributed by atoms with Crippen molar-refractivity contribution in [3.63, 3.8) is 0 Å². The first-order valence-corrected chi connectivity index (χ1v) is 8.91. The number of ether oxygens (including phenoxy) is 2. The Morgan fingerprint density at radius 3 is 2.96 bits per heavy atom. The van der Waals surface area contributed by atoms with Crippen LogP contribution in [0.15, 0.2) is 47.3 Å². The van der Waals surface area contributed by atoms with Crippen LogP contribution in [0.25, 0.3) is 10.9 Å². The molecule has 0 radical (unpaired) electrons. The normalized spacial score (nSPS) is 17.5. The van der Waals surface area contributed by atoms with E-state index in [1.807, 2.05) is 30.3 Å². The molecule has 0 saturated heterocycles. The minimum absolute atomic E-state index is 0.0414. The van der Waals surface area contributed by atoms with Gasteiger partial charge in [0.15, 0.2) is 5.43 Å². The average Bonchev–Trinajstić information content (AvgIpc) is 3.31. The second kappa shape index (κ2) is 5.87. The predicted octanol–water partition coefficient (Wildman–Crippen LogP) is 3.13. The zero-order chi connectivity index (χ0) is 18.5. The molecule has 136 valence electrons. The van der Waals surface area contributed by atoms with Crippen molar-refractivity contribution in [3.8, 4) is 5.75 Å². The van der Waals surface area contributed by atoms with E-state index in [0.29, 0.717) is 17.6 Å². The molecule has 5 rings (SSSR count). The maximum Gasteiger partial charge on any atom is 0.410 e. The topological polar surface area (TPSA) is 71.6 Å². The van der Waals surface area contributed by atoms with Gasteiger partial charge in [-0.25, -0.2) is 4.79 Å². The molecule has 0 bridgehead atoms. The van der Waals surface area contributed by atoms with Crippen LogP contribution in [0.5, 0.6) is 5.75 Å². The Morgan fingerprint density at radius 1 is 1.26 bits per heavy atom. The number of nitrogens with one attached hydrogen (secondary N) is 1. The number of fused-ring (bicyclic) bond motifs is 3. The number of rotatable bonds is 1. The molecule has 6 heteroatoms. The highest BCUT2D eigenvalue weighted by Crippen LogP contribution is 2.39. The van der Waals surface area contributed by atoms with Gasteiger partial charge in [0.05, 0.1) is 26.0 Å². The van der Waals surface area contributed by atoms with Gasteiger partial charge >= 0.3 is 6.09 Å². The van der Waals surface area contributed by atoms with Crippen LogP contribution in [0.4, 0.5) is 4.79 Å². The molecule has 1 aromatic heterocycles. The Morgan fingerprint density at radius 2 is 2.11 bits per heavy atom. The Bertz CT molecular complexity index is 1130. The van der Waals surface area contributed by atoms with Crippen LogP contribution in [0.2, 0.25) is 0 Å². The first kappa shape index (κ1) is 15.9. The molecular formula is C21H18N2O4. The first-order chi connectivity index (χ1) is 13.2. The third-order valence-corrected chi connectivity index (χ3v) is 5.39. The van der Waals surface area contributed by atoms with Crippen LogP contribution in [-0.4, -0.2) is 29.7 Å². The summed E-state index contributed by atoms with van der Waals surface area (Å²) in [6, 6.07) is 13.0.